The van der Waals surface area contributed by atoms with Gasteiger partial charge >= 0.3 is 0 Å². The Morgan fingerprint density at radius 1 is 1.25 bits per heavy atom. The van der Waals surface area contributed by atoms with Gasteiger partial charge in [-0.05, 0) is 44.1 Å². The highest BCUT2D eigenvalue weighted by molar-refractivity contribution is 5.21. The molecule has 3 nitrogen and oxygen atoms in total. The molecule has 0 spiro atoms. The summed E-state index contributed by atoms with van der Waals surface area (Å²) in [5, 5.41) is 3.75. The molecule has 2 rings (SSSR count). The normalized spacial score (nSPS) is 19.4. The highest BCUT2D eigenvalue weighted by atomic mass is 15.2. The Balaban J connectivity index is 2.37. The van der Waals surface area contributed by atoms with Crippen molar-refractivity contribution >= 4 is 0 Å². The lowest BCUT2D eigenvalue weighted by atomic mass is 9.82. The summed E-state index contributed by atoms with van der Waals surface area (Å²) in [6.45, 7) is 10.0. The van der Waals surface area contributed by atoms with Crippen molar-refractivity contribution in [1.29, 1.82) is 0 Å². The molecule has 1 aromatic rings. The smallest absolute Gasteiger partial charge is 0.0522 e. The maximum Gasteiger partial charge on any atom is 0.0522 e. The van der Waals surface area contributed by atoms with Crippen molar-refractivity contribution in [3.05, 3.63) is 30.1 Å². The maximum absolute atomic E-state index is 4.34. The van der Waals surface area contributed by atoms with Crippen molar-refractivity contribution < 1.29 is 0 Å². The summed E-state index contributed by atoms with van der Waals surface area (Å²) in [4.78, 5) is 7.01. The van der Waals surface area contributed by atoms with Gasteiger partial charge in [0.1, 0.15) is 0 Å². The van der Waals surface area contributed by atoms with Crippen molar-refractivity contribution in [3.63, 3.8) is 0 Å². The van der Waals surface area contributed by atoms with Gasteiger partial charge < -0.3 is 5.32 Å². The number of hydrogen-bond acceptors (Lipinski definition) is 3. The Morgan fingerprint density at radius 3 is 2.45 bits per heavy atom. The number of aromatic nitrogens is 1. The first kappa shape index (κ1) is 15.5. The summed E-state index contributed by atoms with van der Waals surface area (Å²) in [5.41, 5.74) is 1.60. The van der Waals surface area contributed by atoms with Crippen molar-refractivity contribution in [2.75, 3.05) is 19.6 Å². The van der Waals surface area contributed by atoms with Gasteiger partial charge in [0.15, 0.2) is 0 Å². The Labute approximate surface area is 123 Å². The third-order valence-electron chi connectivity index (χ3n) is 4.83. The van der Waals surface area contributed by atoms with E-state index in [1.54, 1.807) is 0 Å². The highest BCUT2D eigenvalue weighted by Gasteiger charge is 2.45. The molecular formula is C17H29N3. The molecule has 1 aliphatic rings. The van der Waals surface area contributed by atoms with E-state index in [0.717, 1.165) is 19.6 Å². The zero-order chi connectivity index (χ0) is 14.4. The van der Waals surface area contributed by atoms with Crippen LogP contribution in [0.1, 0.15) is 58.1 Å². The molecule has 1 aliphatic carbocycles. The minimum Gasteiger partial charge on any atom is -0.309 e. The van der Waals surface area contributed by atoms with Gasteiger partial charge in [-0.1, -0.05) is 39.7 Å². The molecule has 0 radical (unpaired) electrons. The van der Waals surface area contributed by atoms with Crippen LogP contribution >= 0.6 is 0 Å². The number of hydrogen-bond donors (Lipinski definition) is 1. The van der Waals surface area contributed by atoms with Crippen LogP contribution in [-0.4, -0.2) is 35.1 Å². The number of pyridine rings is 1. The molecule has 1 heterocycles. The van der Waals surface area contributed by atoms with E-state index in [2.05, 4.69) is 48.1 Å². The molecular weight excluding hydrogens is 246 g/mol. The minimum atomic E-state index is 0.266. The summed E-state index contributed by atoms with van der Waals surface area (Å²) in [5.74, 6) is 0. The lowest BCUT2D eigenvalue weighted by Crippen LogP contribution is -2.55. The van der Waals surface area contributed by atoms with Gasteiger partial charge in [0.05, 0.1) is 6.04 Å². The molecule has 0 aliphatic heterocycles. The second kappa shape index (κ2) is 7.19. The molecule has 1 atom stereocenters. The summed E-state index contributed by atoms with van der Waals surface area (Å²) in [6.07, 6.45) is 9.18. The van der Waals surface area contributed by atoms with Gasteiger partial charge in [-0.15, -0.1) is 0 Å². The minimum absolute atomic E-state index is 0.266. The van der Waals surface area contributed by atoms with Gasteiger partial charge in [0.25, 0.3) is 0 Å². The molecule has 0 saturated heterocycles. The third kappa shape index (κ3) is 2.89. The Hall–Kier alpha value is -0.930. The van der Waals surface area contributed by atoms with Crippen LogP contribution in [0.5, 0.6) is 0 Å². The van der Waals surface area contributed by atoms with Crippen LogP contribution in [0.4, 0.5) is 0 Å². The van der Waals surface area contributed by atoms with Gasteiger partial charge in [0.2, 0.25) is 0 Å². The average molecular weight is 275 g/mol. The molecule has 3 heteroatoms. The van der Waals surface area contributed by atoms with Gasteiger partial charge in [-0.2, -0.15) is 0 Å². The number of rotatable bonds is 7. The fraction of sp³-hybridized carbons (Fsp3) is 0.706. The molecule has 0 aromatic carbocycles. The molecule has 1 fully saturated rings. The topological polar surface area (TPSA) is 28.2 Å². The molecule has 1 saturated carbocycles. The van der Waals surface area contributed by atoms with Gasteiger partial charge in [-0.25, -0.2) is 0 Å². The maximum atomic E-state index is 4.34. The zero-order valence-electron chi connectivity index (χ0n) is 13.2. The van der Waals surface area contributed by atoms with Crippen molar-refractivity contribution in [2.24, 2.45) is 0 Å². The van der Waals surface area contributed by atoms with Crippen LogP contribution in [0.15, 0.2) is 24.5 Å². The first-order valence-corrected chi connectivity index (χ1v) is 8.16. The van der Waals surface area contributed by atoms with Gasteiger partial charge in [0, 0.05) is 17.9 Å². The van der Waals surface area contributed by atoms with Crippen LogP contribution in [0, 0.1) is 0 Å². The Morgan fingerprint density at radius 2 is 1.95 bits per heavy atom. The fourth-order valence-electron chi connectivity index (χ4n) is 4.00. The third-order valence-corrected chi connectivity index (χ3v) is 4.83. The van der Waals surface area contributed by atoms with E-state index >= 15 is 0 Å². The fourth-order valence-corrected chi connectivity index (χ4v) is 4.00. The van der Waals surface area contributed by atoms with E-state index < -0.39 is 0 Å². The zero-order valence-corrected chi connectivity index (χ0v) is 13.2. The lowest BCUT2D eigenvalue weighted by molar-refractivity contribution is 0.0631. The summed E-state index contributed by atoms with van der Waals surface area (Å²) in [6, 6.07) is 4.68. The predicted molar refractivity (Wildman–Crippen MR) is 84.8 cm³/mol. The van der Waals surface area contributed by atoms with Gasteiger partial charge in [-0.3, -0.25) is 9.88 Å². The van der Waals surface area contributed by atoms with Crippen molar-refractivity contribution in [1.82, 2.24) is 15.2 Å². The lowest BCUT2D eigenvalue weighted by Gasteiger charge is -2.46. The van der Waals surface area contributed by atoms with Crippen LogP contribution < -0.4 is 5.32 Å². The number of nitrogens with zero attached hydrogens (tertiary/aromatic N) is 2. The van der Waals surface area contributed by atoms with Crippen LogP contribution in [0.3, 0.4) is 0 Å². The van der Waals surface area contributed by atoms with E-state index in [1.165, 1.54) is 31.2 Å². The Bertz CT molecular complexity index is 380. The van der Waals surface area contributed by atoms with Crippen LogP contribution in [0.2, 0.25) is 0 Å². The molecule has 112 valence electrons. The van der Waals surface area contributed by atoms with Crippen molar-refractivity contribution in [2.45, 2.75) is 58.0 Å². The van der Waals surface area contributed by atoms with Crippen LogP contribution in [-0.2, 0) is 0 Å². The number of likely N-dealkylation sites (N-methyl/N-ethyl adjacent to an activating group) is 2. The van der Waals surface area contributed by atoms with E-state index in [-0.39, 0.29) is 5.54 Å². The monoisotopic (exact) mass is 275 g/mol. The van der Waals surface area contributed by atoms with E-state index in [9.17, 15) is 0 Å². The molecule has 1 aromatic heterocycles. The van der Waals surface area contributed by atoms with E-state index in [0.29, 0.717) is 6.04 Å². The SMILES string of the molecule is CCNC(c1cccnc1)C1(N(CC)CC)CCCC1. The Kier molecular flexibility index (Phi) is 5.55. The molecule has 1 unspecified atom stereocenters. The van der Waals surface area contributed by atoms with Crippen molar-refractivity contribution in [3.8, 4) is 0 Å². The average Bonchev–Trinajstić information content (AvgIpc) is 2.97. The number of nitrogens with one attached hydrogen (secondary N) is 1. The molecule has 0 bridgehead atoms. The molecule has 1 N–H and O–H groups in total. The summed E-state index contributed by atoms with van der Waals surface area (Å²) < 4.78 is 0. The first-order chi connectivity index (χ1) is 9.78. The van der Waals surface area contributed by atoms with Crippen LogP contribution in [0.25, 0.3) is 0 Å². The highest BCUT2D eigenvalue weighted by Crippen LogP contribution is 2.44. The molecule has 0 amide bonds. The largest absolute Gasteiger partial charge is 0.309 e. The predicted octanol–water partition coefficient (Wildman–Crippen LogP) is 3.39. The summed E-state index contributed by atoms with van der Waals surface area (Å²) >= 11 is 0. The second-order valence-electron chi connectivity index (χ2n) is 5.76. The first-order valence-electron chi connectivity index (χ1n) is 8.16. The summed E-state index contributed by atoms with van der Waals surface area (Å²) in [7, 11) is 0. The quantitative estimate of drug-likeness (QED) is 0.827. The standard InChI is InChI=1S/C17H29N3/c1-4-19-16(15-10-9-13-18-14-15)17(11-7-8-12-17)20(5-2)6-3/h9-10,13-14,16,19H,4-8,11-12H2,1-3H3. The van der Waals surface area contributed by atoms with E-state index in [4.69, 9.17) is 0 Å². The molecule has 20 heavy (non-hydrogen) atoms. The van der Waals surface area contributed by atoms with E-state index in [1.807, 2.05) is 12.4 Å². The second-order valence-corrected chi connectivity index (χ2v) is 5.76.